The Labute approximate surface area is 202 Å². The number of oxazole rings is 1. The first-order valence-corrected chi connectivity index (χ1v) is 11.6. The van der Waals surface area contributed by atoms with Crippen LogP contribution in [0, 0.1) is 0 Å². The molecule has 1 heterocycles. The molecule has 0 radical (unpaired) electrons. The van der Waals surface area contributed by atoms with Gasteiger partial charge in [0.05, 0.1) is 5.52 Å². The average Bonchev–Trinajstić information content (AvgIpc) is 3.17. The van der Waals surface area contributed by atoms with Crippen molar-refractivity contribution in [1.29, 1.82) is 0 Å². The average molecular weight is 477 g/mol. The summed E-state index contributed by atoms with van der Waals surface area (Å²) in [5.74, 6) is -1.03. The first-order valence-electron chi connectivity index (χ1n) is 11.2. The second-order valence-electron chi connectivity index (χ2n) is 8.30. The fourth-order valence-electron chi connectivity index (χ4n) is 3.89. The predicted molar refractivity (Wildman–Crippen MR) is 133 cm³/mol. The number of carbonyl (C=O) groups excluding carboxylic acids is 2. The van der Waals surface area contributed by atoms with Crippen LogP contribution >= 0.6 is 11.6 Å². The van der Waals surface area contributed by atoms with Crippen molar-refractivity contribution in [3.05, 3.63) is 105 Å². The van der Waals surface area contributed by atoms with E-state index in [1.165, 1.54) is 11.6 Å². The summed E-state index contributed by atoms with van der Waals surface area (Å²) in [7, 11) is 0. The summed E-state index contributed by atoms with van der Waals surface area (Å²) >= 11 is 5.89. The van der Waals surface area contributed by atoms with Crippen molar-refractivity contribution in [2.45, 2.75) is 38.6 Å². The molecular weight excluding hydrogens is 452 g/mol. The number of hydrogen-bond donors (Lipinski definition) is 1. The van der Waals surface area contributed by atoms with Crippen molar-refractivity contribution in [2.24, 2.45) is 0 Å². The maximum absolute atomic E-state index is 12.8. The molecular formula is C27H25ClN2O4. The number of nitrogens with one attached hydrogen (secondary N) is 1. The van der Waals surface area contributed by atoms with Gasteiger partial charge in [-0.25, -0.2) is 9.59 Å². The molecule has 0 aliphatic carbocycles. The van der Waals surface area contributed by atoms with Gasteiger partial charge in [0, 0.05) is 22.2 Å². The van der Waals surface area contributed by atoms with E-state index in [0.717, 1.165) is 30.3 Å². The standard InChI is InChI=1S/C27H25ClN2O4/c1-18(7-5-6-10-19-8-3-2-4-9-19)29-26(32)30-23-16-13-21(17-24(23)34-27(30)33)25(31)20-11-14-22(28)15-12-20/h2-4,8-9,11-18H,5-7,10H2,1H3,(H,29,32). The van der Waals surface area contributed by atoms with E-state index in [0.29, 0.717) is 21.7 Å². The van der Waals surface area contributed by atoms with Crippen LogP contribution in [-0.2, 0) is 6.42 Å². The van der Waals surface area contributed by atoms with Gasteiger partial charge in [0.15, 0.2) is 11.4 Å². The van der Waals surface area contributed by atoms with Gasteiger partial charge in [0.1, 0.15) is 0 Å². The summed E-state index contributed by atoms with van der Waals surface area (Å²) in [6.07, 6.45) is 3.75. The zero-order valence-corrected chi connectivity index (χ0v) is 19.5. The highest BCUT2D eigenvalue weighted by Gasteiger charge is 2.19. The molecule has 174 valence electrons. The lowest BCUT2D eigenvalue weighted by molar-refractivity contribution is 0.103. The molecule has 0 aliphatic heterocycles. The van der Waals surface area contributed by atoms with Crippen molar-refractivity contribution in [3.63, 3.8) is 0 Å². The molecule has 1 unspecified atom stereocenters. The van der Waals surface area contributed by atoms with Crippen LogP contribution in [0.5, 0.6) is 0 Å². The van der Waals surface area contributed by atoms with Crippen LogP contribution in [0.15, 0.2) is 82.0 Å². The SMILES string of the molecule is CC(CCCCc1ccccc1)NC(=O)n1c(=O)oc2cc(C(=O)c3ccc(Cl)cc3)ccc21. The number of nitrogens with zero attached hydrogens (tertiary/aromatic N) is 1. The monoisotopic (exact) mass is 476 g/mol. The number of carbonyl (C=O) groups is 2. The lowest BCUT2D eigenvalue weighted by Crippen LogP contribution is -2.39. The molecule has 0 saturated heterocycles. The largest absolute Gasteiger partial charge is 0.428 e. The Bertz CT molecular complexity index is 1360. The fraction of sp³-hybridized carbons (Fsp3) is 0.222. The zero-order valence-electron chi connectivity index (χ0n) is 18.8. The van der Waals surface area contributed by atoms with Crippen molar-refractivity contribution in [1.82, 2.24) is 9.88 Å². The minimum atomic E-state index is -0.792. The summed E-state index contributed by atoms with van der Waals surface area (Å²) in [6.45, 7) is 1.91. The Morgan fingerprint density at radius 2 is 1.68 bits per heavy atom. The molecule has 7 heteroatoms. The van der Waals surface area contributed by atoms with Gasteiger partial charge in [-0.05, 0) is 74.2 Å². The van der Waals surface area contributed by atoms with E-state index in [-0.39, 0.29) is 17.4 Å². The van der Waals surface area contributed by atoms with E-state index in [4.69, 9.17) is 16.0 Å². The fourth-order valence-corrected chi connectivity index (χ4v) is 4.02. The van der Waals surface area contributed by atoms with Crippen molar-refractivity contribution in [2.75, 3.05) is 0 Å². The molecule has 1 N–H and O–H groups in total. The summed E-state index contributed by atoms with van der Waals surface area (Å²) in [6, 6.07) is 20.8. The van der Waals surface area contributed by atoms with E-state index in [1.54, 1.807) is 36.4 Å². The minimum Gasteiger partial charge on any atom is -0.407 e. The first kappa shape index (κ1) is 23.5. The Kier molecular flexibility index (Phi) is 7.28. The van der Waals surface area contributed by atoms with Gasteiger partial charge in [-0.3, -0.25) is 4.79 Å². The third kappa shape index (κ3) is 5.46. The van der Waals surface area contributed by atoms with Gasteiger partial charge in [0.25, 0.3) is 0 Å². The zero-order chi connectivity index (χ0) is 24.1. The van der Waals surface area contributed by atoms with Crippen LogP contribution in [0.3, 0.4) is 0 Å². The highest BCUT2D eigenvalue weighted by atomic mass is 35.5. The summed E-state index contributed by atoms with van der Waals surface area (Å²) in [5.41, 5.74) is 2.60. The van der Waals surface area contributed by atoms with Crippen LogP contribution < -0.4 is 11.1 Å². The third-order valence-corrected chi connectivity index (χ3v) is 5.97. The normalized spacial score (nSPS) is 11.9. The van der Waals surface area contributed by atoms with Gasteiger partial charge in [-0.2, -0.15) is 4.57 Å². The molecule has 4 rings (SSSR count). The maximum atomic E-state index is 12.8. The van der Waals surface area contributed by atoms with Crippen LogP contribution in [0.25, 0.3) is 11.1 Å². The predicted octanol–water partition coefficient (Wildman–Crippen LogP) is 5.84. The van der Waals surface area contributed by atoms with Crippen LogP contribution in [-0.4, -0.2) is 22.4 Å². The van der Waals surface area contributed by atoms with Gasteiger partial charge in [-0.15, -0.1) is 0 Å². The molecule has 1 aromatic heterocycles. The molecule has 3 aromatic carbocycles. The molecule has 0 spiro atoms. The van der Waals surface area contributed by atoms with Gasteiger partial charge >= 0.3 is 11.8 Å². The number of hydrogen-bond acceptors (Lipinski definition) is 4. The number of rotatable bonds is 8. The molecule has 0 saturated carbocycles. The first-order chi connectivity index (χ1) is 16.4. The molecule has 34 heavy (non-hydrogen) atoms. The lowest BCUT2D eigenvalue weighted by atomic mass is 10.0. The number of benzene rings is 3. The number of aromatic nitrogens is 1. The molecule has 1 amide bonds. The van der Waals surface area contributed by atoms with Crippen LogP contribution in [0.4, 0.5) is 4.79 Å². The van der Waals surface area contributed by atoms with E-state index in [9.17, 15) is 14.4 Å². The van der Waals surface area contributed by atoms with Gasteiger partial charge in [-0.1, -0.05) is 48.4 Å². The van der Waals surface area contributed by atoms with Crippen LogP contribution in [0.1, 0.15) is 47.7 Å². The highest BCUT2D eigenvalue weighted by molar-refractivity contribution is 6.30. The van der Waals surface area contributed by atoms with Crippen molar-refractivity contribution >= 4 is 34.5 Å². The smallest absolute Gasteiger partial charge is 0.407 e. The summed E-state index contributed by atoms with van der Waals surface area (Å²) in [4.78, 5) is 37.9. The van der Waals surface area contributed by atoms with Crippen molar-refractivity contribution < 1.29 is 14.0 Å². The number of halogens is 1. The number of aryl methyl sites for hydroxylation is 1. The Hall–Kier alpha value is -3.64. The summed E-state index contributed by atoms with van der Waals surface area (Å²) < 4.78 is 6.23. The number of ketones is 1. The molecule has 6 nitrogen and oxygen atoms in total. The van der Waals surface area contributed by atoms with Crippen molar-refractivity contribution in [3.8, 4) is 0 Å². The molecule has 4 aromatic rings. The van der Waals surface area contributed by atoms with Gasteiger partial charge in [0.2, 0.25) is 0 Å². The lowest BCUT2D eigenvalue weighted by Gasteiger charge is -2.13. The number of fused-ring (bicyclic) bond motifs is 1. The van der Waals surface area contributed by atoms with E-state index in [2.05, 4.69) is 17.4 Å². The second-order valence-corrected chi connectivity index (χ2v) is 8.74. The molecule has 0 aliphatic rings. The van der Waals surface area contributed by atoms with E-state index < -0.39 is 11.8 Å². The maximum Gasteiger partial charge on any atom is 0.428 e. The summed E-state index contributed by atoms with van der Waals surface area (Å²) in [5, 5.41) is 3.40. The minimum absolute atomic E-state index is 0.106. The number of amides is 1. The highest BCUT2D eigenvalue weighted by Crippen LogP contribution is 2.19. The Balaban J connectivity index is 1.40. The Morgan fingerprint density at radius 3 is 2.41 bits per heavy atom. The molecule has 1 atom stereocenters. The Morgan fingerprint density at radius 1 is 0.971 bits per heavy atom. The van der Waals surface area contributed by atoms with Gasteiger partial charge < -0.3 is 9.73 Å². The molecule has 0 bridgehead atoms. The quantitative estimate of drug-likeness (QED) is 0.256. The topological polar surface area (TPSA) is 81.3 Å². The second kappa shape index (κ2) is 10.5. The third-order valence-electron chi connectivity index (χ3n) is 5.72. The number of unbranched alkanes of at least 4 members (excludes halogenated alkanes) is 1. The van der Waals surface area contributed by atoms with E-state index >= 15 is 0 Å². The van der Waals surface area contributed by atoms with Crippen LogP contribution in [0.2, 0.25) is 5.02 Å². The van der Waals surface area contributed by atoms with E-state index in [1.807, 2.05) is 25.1 Å². The molecule has 0 fully saturated rings.